The Morgan fingerprint density at radius 2 is 1.71 bits per heavy atom. The van der Waals surface area contributed by atoms with Crippen molar-refractivity contribution in [2.45, 2.75) is 6.54 Å². The fourth-order valence-corrected chi connectivity index (χ4v) is 3.54. The summed E-state index contributed by atoms with van der Waals surface area (Å²) in [5, 5.41) is 1.86. The molecule has 0 unspecified atom stereocenters. The molecule has 0 spiro atoms. The number of rotatable bonds is 4. The smallest absolute Gasteiger partial charge is 0.246 e. The van der Waals surface area contributed by atoms with Gasteiger partial charge < -0.3 is 4.90 Å². The van der Waals surface area contributed by atoms with Crippen molar-refractivity contribution >= 4 is 34.5 Å². The molecule has 1 fully saturated rings. The van der Waals surface area contributed by atoms with E-state index in [9.17, 15) is 4.79 Å². The first-order valence-electron chi connectivity index (χ1n) is 9.47. The monoisotopic (exact) mass is 391 g/mol. The lowest BCUT2D eigenvalue weighted by molar-refractivity contribution is -0.127. The highest BCUT2D eigenvalue weighted by molar-refractivity contribution is 6.30. The molecule has 2 heterocycles. The number of para-hydroxylation sites is 1. The number of carbonyl (C=O) groups excluding carboxylic acids is 1. The third-order valence-corrected chi connectivity index (χ3v) is 5.27. The van der Waals surface area contributed by atoms with Crippen LogP contribution in [0.25, 0.3) is 17.0 Å². The molecule has 0 saturated carbocycles. The van der Waals surface area contributed by atoms with Crippen LogP contribution in [-0.4, -0.2) is 46.9 Å². The maximum Gasteiger partial charge on any atom is 0.246 e. The highest BCUT2D eigenvalue weighted by Crippen LogP contribution is 2.14. The Balaban J connectivity index is 1.31. The van der Waals surface area contributed by atoms with E-state index >= 15 is 0 Å². The van der Waals surface area contributed by atoms with Crippen LogP contribution in [0.1, 0.15) is 11.3 Å². The average Bonchev–Trinajstić information content (AvgIpc) is 2.74. The SMILES string of the molecule is O=C(C=Cc1ccc2ccccc2n1)N1CCN(Cc2ccc(Cl)cc2)CC1. The van der Waals surface area contributed by atoms with Gasteiger partial charge in [-0.15, -0.1) is 0 Å². The molecule has 0 radical (unpaired) electrons. The number of amides is 1. The van der Waals surface area contributed by atoms with Gasteiger partial charge in [0.25, 0.3) is 0 Å². The van der Waals surface area contributed by atoms with Gasteiger partial charge in [0, 0.05) is 49.2 Å². The van der Waals surface area contributed by atoms with Gasteiger partial charge in [-0.1, -0.05) is 48.0 Å². The van der Waals surface area contributed by atoms with Gasteiger partial charge in [-0.2, -0.15) is 0 Å². The number of pyridine rings is 1. The second-order valence-electron chi connectivity index (χ2n) is 6.99. The van der Waals surface area contributed by atoms with Crippen LogP contribution in [0.15, 0.2) is 66.7 Å². The third kappa shape index (κ3) is 4.58. The maximum absolute atomic E-state index is 12.5. The summed E-state index contributed by atoms with van der Waals surface area (Å²) in [6.45, 7) is 4.10. The van der Waals surface area contributed by atoms with E-state index in [2.05, 4.69) is 22.0 Å². The van der Waals surface area contributed by atoms with Crippen molar-refractivity contribution in [2.75, 3.05) is 26.2 Å². The third-order valence-electron chi connectivity index (χ3n) is 5.02. The highest BCUT2D eigenvalue weighted by atomic mass is 35.5. The quantitative estimate of drug-likeness (QED) is 0.624. The van der Waals surface area contributed by atoms with Crippen molar-refractivity contribution < 1.29 is 4.79 Å². The van der Waals surface area contributed by atoms with Gasteiger partial charge in [-0.3, -0.25) is 9.69 Å². The second-order valence-corrected chi connectivity index (χ2v) is 7.43. The van der Waals surface area contributed by atoms with E-state index in [1.165, 1.54) is 5.56 Å². The molecule has 142 valence electrons. The van der Waals surface area contributed by atoms with E-state index in [1.807, 2.05) is 53.4 Å². The van der Waals surface area contributed by atoms with Crippen LogP contribution < -0.4 is 0 Å². The van der Waals surface area contributed by atoms with E-state index in [0.29, 0.717) is 0 Å². The molecule has 4 nitrogen and oxygen atoms in total. The van der Waals surface area contributed by atoms with Crippen molar-refractivity contribution in [3.63, 3.8) is 0 Å². The topological polar surface area (TPSA) is 36.4 Å². The van der Waals surface area contributed by atoms with E-state index in [0.717, 1.165) is 54.3 Å². The second kappa shape index (κ2) is 8.55. The summed E-state index contributed by atoms with van der Waals surface area (Å²) in [7, 11) is 0. The number of carbonyl (C=O) groups is 1. The van der Waals surface area contributed by atoms with E-state index in [1.54, 1.807) is 12.2 Å². The number of aromatic nitrogens is 1. The molecule has 0 aliphatic carbocycles. The van der Waals surface area contributed by atoms with Crippen LogP contribution >= 0.6 is 11.6 Å². The number of fused-ring (bicyclic) bond motifs is 1. The molecule has 5 heteroatoms. The highest BCUT2D eigenvalue weighted by Gasteiger charge is 2.19. The lowest BCUT2D eigenvalue weighted by atomic mass is 10.2. The summed E-state index contributed by atoms with van der Waals surface area (Å²) in [4.78, 5) is 21.4. The van der Waals surface area contributed by atoms with Gasteiger partial charge in [-0.05, 0) is 35.9 Å². The summed E-state index contributed by atoms with van der Waals surface area (Å²) in [6.07, 6.45) is 3.43. The first-order valence-corrected chi connectivity index (χ1v) is 9.85. The van der Waals surface area contributed by atoms with Crippen molar-refractivity contribution in [3.05, 3.63) is 83.0 Å². The molecule has 0 N–H and O–H groups in total. The zero-order valence-electron chi connectivity index (χ0n) is 15.6. The largest absolute Gasteiger partial charge is 0.337 e. The lowest BCUT2D eigenvalue weighted by Crippen LogP contribution is -2.47. The average molecular weight is 392 g/mol. The lowest BCUT2D eigenvalue weighted by Gasteiger charge is -2.34. The Hall–Kier alpha value is -2.69. The minimum atomic E-state index is 0.0427. The van der Waals surface area contributed by atoms with Crippen molar-refractivity contribution in [3.8, 4) is 0 Å². The summed E-state index contributed by atoms with van der Waals surface area (Å²) in [6, 6.07) is 19.9. The van der Waals surface area contributed by atoms with Crippen molar-refractivity contribution in [2.24, 2.45) is 0 Å². The van der Waals surface area contributed by atoms with Gasteiger partial charge in [0.15, 0.2) is 0 Å². The van der Waals surface area contributed by atoms with Crippen LogP contribution in [0.3, 0.4) is 0 Å². The minimum absolute atomic E-state index is 0.0427. The number of benzene rings is 2. The molecule has 0 bridgehead atoms. The van der Waals surface area contributed by atoms with Crippen molar-refractivity contribution in [1.82, 2.24) is 14.8 Å². The van der Waals surface area contributed by atoms with Gasteiger partial charge in [0.1, 0.15) is 0 Å². The summed E-state index contributed by atoms with van der Waals surface area (Å²) in [5.41, 5.74) is 2.98. The predicted octanol–water partition coefficient (Wildman–Crippen LogP) is 4.25. The van der Waals surface area contributed by atoms with Crippen molar-refractivity contribution in [1.29, 1.82) is 0 Å². The molecule has 0 atom stereocenters. The Morgan fingerprint density at radius 3 is 2.50 bits per heavy atom. The number of halogens is 1. The maximum atomic E-state index is 12.5. The van der Waals surface area contributed by atoms with E-state index in [4.69, 9.17) is 11.6 Å². The number of hydrogen-bond donors (Lipinski definition) is 0. The van der Waals surface area contributed by atoms with Gasteiger partial charge in [0.2, 0.25) is 5.91 Å². The number of piperazine rings is 1. The zero-order valence-corrected chi connectivity index (χ0v) is 16.3. The Labute approximate surface area is 170 Å². The van der Waals surface area contributed by atoms with E-state index < -0.39 is 0 Å². The molecule has 2 aromatic carbocycles. The summed E-state index contributed by atoms with van der Waals surface area (Å²) < 4.78 is 0. The predicted molar refractivity (Wildman–Crippen MR) is 114 cm³/mol. The molecular formula is C23H22ClN3O. The van der Waals surface area contributed by atoms with Crippen LogP contribution in [0, 0.1) is 0 Å². The fraction of sp³-hybridized carbons (Fsp3) is 0.217. The van der Waals surface area contributed by atoms with Gasteiger partial charge in [-0.25, -0.2) is 4.98 Å². The molecule has 1 aromatic heterocycles. The molecule has 1 amide bonds. The van der Waals surface area contributed by atoms with Gasteiger partial charge in [0.05, 0.1) is 11.2 Å². The Bertz CT molecular complexity index is 992. The zero-order chi connectivity index (χ0) is 19.3. The molecule has 1 aliphatic rings. The molecule has 3 aromatic rings. The number of nitrogens with zero attached hydrogens (tertiary/aromatic N) is 3. The van der Waals surface area contributed by atoms with Crippen LogP contribution in [-0.2, 0) is 11.3 Å². The molecule has 4 rings (SSSR count). The van der Waals surface area contributed by atoms with Crippen LogP contribution in [0.4, 0.5) is 0 Å². The minimum Gasteiger partial charge on any atom is -0.337 e. The number of hydrogen-bond acceptors (Lipinski definition) is 3. The Morgan fingerprint density at radius 1 is 0.964 bits per heavy atom. The molecule has 28 heavy (non-hydrogen) atoms. The molecule has 1 aliphatic heterocycles. The summed E-state index contributed by atoms with van der Waals surface area (Å²) in [5.74, 6) is 0.0427. The van der Waals surface area contributed by atoms with Gasteiger partial charge >= 0.3 is 0 Å². The Kier molecular flexibility index (Phi) is 5.70. The normalized spacial score (nSPS) is 15.4. The van der Waals surface area contributed by atoms with Crippen LogP contribution in [0.2, 0.25) is 5.02 Å². The molecule has 1 saturated heterocycles. The van der Waals surface area contributed by atoms with Crippen LogP contribution in [0.5, 0.6) is 0 Å². The first-order chi connectivity index (χ1) is 13.7. The standard InChI is InChI=1S/C23H22ClN3O/c24-20-8-5-18(6-9-20)17-26-13-15-27(16-14-26)23(28)12-11-21-10-7-19-3-1-2-4-22(19)25-21/h1-12H,13-17H2. The summed E-state index contributed by atoms with van der Waals surface area (Å²) >= 11 is 5.94. The first kappa shape index (κ1) is 18.7. The van der Waals surface area contributed by atoms with E-state index in [-0.39, 0.29) is 5.91 Å². The fourth-order valence-electron chi connectivity index (χ4n) is 3.41. The molecular weight excluding hydrogens is 370 g/mol.